The van der Waals surface area contributed by atoms with Gasteiger partial charge in [-0.25, -0.2) is 0 Å². The van der Waals surface area contributed by atoms with Gasteiger partial charge in [-0.15, -0.1) is 22.7 Å². The van der Waals surface area contributed by atoms with E-state index >= 15 is 0 Å². The Labute approximate surface area is 122 Å². The molecule has 1 aliphatic rings. The average Bonchev–Trinajstić information content (AvgIpc) is 3.17. The molecule has 2 heterocycles. The average molecular weight is 292 g/mol. The van der Waals surface area contributed by atoms with E-state index in [4.69, 9.17) is 0 Å². The fourth-order valence-corrected chi connectivity index (χ4v) is 4.52. The van der Waals surface area contributed by atoms with Crippen LogP contribution in [0.3, 0.4) is 0 Å². The highest BCUT2D eigenvalue weighted by Crippen LogP contribution is 2.38. The first kappa shape index (κ1) is 13.3. The zero-order chi connectivity index (χ0) is 13.1. The number of nitrogens with one attached hydrogen (secondary N) is 1. The molecule has 1 aliphatic carbocycles. The van der Waals surface area contributed by atoms with E-state index in [-0.39, 0.29) is 0 Å². The van der Waals surface area contributed by atoms with Gasteiger partial charge in [-0.05, 0) is 37.1 Å². The minimum absolute atomic E-state index is 0.389. The van der Waals surface area contributed by atoms with E-state index in [0.29, 0.717) is 12.1 Å². The summed E-state index contributed by atoms with van der Waals surface area (Å²) < 4.78 is 0. The first-order valence-corrected chi connectivity index (χ1v) is 8.78. The van der Waals surface area contributed by atoms with Crippen LogP contribution in [0.1, 0.15) is 54.4 Å². The first-order chi connectivity index (χ1) is 9.34. The van der Waals surface area contributed by atoms with Crippen molar-refractivity contribution in [3.05, 3.63) is 39.0 Å². The molecule has 2 aromatic heterocycles. The third-order valence-electron chi connectivity index (χ3n) is 4.03. The van der Waals surface area contributed by atoms with Gasteiger partial charge >= 0.3 is 0 Å². The molecule has 0 amide bonds. The van der Waals surface area contributed by atoms with Crippen molar-refractivity contribution in [3.63, 3.8) is 0 Å². The maximum absolute atomic E-state index is 4.19. The van der Waals surface area contributed by atoms with Crippen LogP contribution in [-0.4, -0.2) is 4.98 Å². The van der Waals surface area contributed by atoms with Crippen molar-refractivity contribution >= 4 is 22.7 Å². The highest BCUT2D eigenvalue weighted by atomic mass is 32.1. The first-order valence-electron chi connectivity index (χ1n) is 7.02. The summed E-state index contributed by atoms with van der Waals surface area (Å²) in [5.41, 5.74) is 1.92. The summed E-state index contributed by atoms with van der Waals surface area (Å²) in [7, 11) is 0. The SMILES string of the molecule is CC(NC(c1cccs1)C1CCCC1)c1cncs1. The molecule has 0 saturated heterocycles. The van der Waals surface area contributed by atoms with Crippen LogP contribution < -0.4 is 5.32 Å². The topological polar surface area (TPSA) is 24.9 Å². The van der Waals surface area contributed by atoms with E-state index in [2.05, 4.69) is 34.7 Å². The molecule has 3 rings (SSSR count). The van der Waals surface area contributed by atoms with E-state index < -0.39 is 0 Å². The number of thiazole rings is 1. The van der Waals surface area contributed by atoms with Crippen molar-refractivity contribution in [2.45, 2.75) is 44.7 Å². The van der Waals surface area contributed by atoms with Crippen LogP contribution >= 0.6 is 22.7 Å². The van der Waals surface area contributed by atoms with Crippen molar-refractivity contribution in [2.75, 3.05) is 0 Å². The van der Waals surface area contributed by atoms with Gasteiger partial charge in [0.15, 0.2) is 0 Å². The Bertz CT molecular complexity index is 472. The second-order valence-electron chi connectivity index (χ2n) is 5.33. The predicted octanol–water partition coefficient (Wildman–Crippen LogP) is 4.79. The van der Waals surface area contributed by atoms with Gasteiger partial charge in [0.05, 0.1) is 5.51 Å². The van der Waals surface area contributed by atoms with Gasteiger partial charge in [0, 0.05) is 28.0 Å². The highest BCUT2D eigenvalue weighted by Gasteiger charge is 2.28. The van der Waals surface area contributed by atoms with Crippen molar-refractivity contribution in [2.24, 2.45) is 5.92 Å². The molecule has 2 unspecified atom stereocenters. The Morgan fingerprint density at radius 1 is 1.26 bits per heavy atom. The van der Waals surface area contributed by atoms with Crippen LogP contribution in [0.25, 0.3) is 0 Å². The number of thiophene rings is 1. The molecular weight excluding hydrogens is 272 g/mol. The van der Waals surface area contributed by atoms with Crippen LogP contribution in [0.2, 0.25) is 0 Å². The molecule has 2 atom stereocenters. The molecule has 0 bridgehead atoms. The summed E-state index contributed by atoms with van der Waals surface area (Å²) in [6.07, 6.45) is 7.50. The molecule has 2 nitrogen and oxygen atoms in total. The molecule has 0 aliphatic heterocycles. The summed E-state index contributed by atoms with van der Waals surface area (Å²) in [5.74, 6) is 0.800. The zero-order valence-corrected chi connectivity index (χ0v) is 12.8. The molecule has 4 heteroatoms. The summed E-state index contributed by atoms with van der Waals surface area (Å²) in [6.45, 7) is 2.25. The third-order valence-corrected chi connectivity index (χ3v) is 5.94. The van der Waals surface area contributed by atoms with E-state index in [9.17, 15) is 0 Å². The quantitative estimate of drug-likeness (QED) is 0.857. The summed E-state index contributed by atoms with van der Waals surface area (Å²) in [6, 6.07) is 5.35. The Morgan fingerprint density at radius 3 is 2.74 bits per heavy atom. The molecule has 1 N–H and O–H groups in total. The molecule has 2 aromatic rings. The third kappa shape index (κ3) is 3.07. The smallest absolute Gasteiger partial charge is 0.0794 e. The molecular formula is C15H20N2S2. The molecule has 0 spiro atoms. The van der Waals surface area contributed by atoms with Gasteiger partial charge in [-0.3, -0.25) is 4.98 Å². The molecule has 0 aromatic carbocycles. The van der Waals surface area contributed by atoms with Crippen LogP contribution in [-0.2, 0) is 0 Å². The van der Waals surface area contributed by atoms with Gasteiger partial charge in [0.2, 0.25) is 0 Å². The molecule has 0 radical (unpaired) electrons. The fourth-order valence-electron chi connectivity index (χ4n) is 3.00. The minimum Gasteiger partial charge on any atom is -0.302 e. The van der Waals surface area contributed by atoms with Crippen molar-refractivity contribution in [3.8, 4) is 0 Å². The van der Waals surface area contributed by atoms with Gasteiger partial charge < -0.3 is 5.32 Å². The van der Waals surface area contributed by atoms with E-state index in [1.165, 1.54) is 35.4 Å². The van der Waals surface area contributed by atoms with Crippen LogP contribution in [0.5, 0.6) is 0 Å². The lowest BCUT2D eigenvalue weighted by molar-refractivity contribution is 0.345. The minimum atomic E-state index is 0.389. The van der Waals surface area contributed by atoms with Crippen LogP contribution in [0, 0.1) is 5.92 Å². The van der Waals surface area contributed by atoms with Crippen molar-refractivity contribution < 1.29 is 0 Å². The number of aromatic nitrogens is 1. The number of hydrogen-bond acceptors (Lipinski definition) is 4. The van der Waals surface area contributed by atoms with E-state index in [1.807, 2.05) is 23.0 Å². The van der Waals surface area contributed by atoms with Gasteiger partial charge in [-0.2, -0.15) is 0 Å². The fraction of sp³-hybridized carbons (Fsp3) is 0.533. The van der Waals surface area contributed by atoms with Crippen LogP contribution in [0.15, 0.2) is 29.2 Å². The van der Waals surface area contributed by atoms with Gasteiger partial charge in [-0.1, -0.05) is 18.9 Å². The van der Waals surface area contributed by atoms with Crippen molar-refractivity contribution in [1.29, 1.82) is 0 Å². The Morgan fingerprint density at radius 2 is 2.11 bits per heavy atom. The summed E-state index contributed by atoms with van der Waals surface area (Å²) in [5, 5.41) is 6.04. The number of rotatable bonds is 5. The standard InChI is InChI=1S/C15H20N2S2/c1-11(14-9-16-10-19-14)17-15(12-5-2-3-6-12)13-7-4-8-18-13/h4,7-12,15,17H,2-3,5-6H2,1H3. The van der Waals surface area contributed by atoms with Gasteiger partial charge in [0.25, 0.3) is 0 Å². The Balaban J connectivity index is 1.75. The lowest BCUT2D eigenvalue weighted by Crippen LogP contribution is -2.28. The normalized spacial score (nSPS) is 19.6. The lowest BCUT2D eigenvalue weighted by Gasteiger charge is -2.27. The zero-order valence-electron chi connectivity index (χ0n) is 11.2. The highest BCUT2D eigenvalue weighted by molar-refractivity contribution is 7.10. The summed E-state index contributed by atoms with van der Waals surface area (Å²) >= 11 is 3.62. The van der Waals surface area contributed by atoms with Gasteiger partial charge in [0.1, 0.15) is 0 Å². The molecule has 102 valence electrons. The maximum Gasteiger partial charge on any atom is 0.0794 e. The molecule has 19 heavy (non-hydrogen) atoms. The van der Waals surface area contributed by atoms with Crippen molar-refractivity contribution in [1.82, 2.24) is 10.3 Å². The van der Waals surface area contributed by atoms with E-state index in [1.54, 1.807) is 11.3 Å². The lowest BCUT2D eigenvalue weighted by atomic mass is 9.96. The Kier molecular flexibility index (Phi) is 4.31. The Hall–Kier alpha value is -0.710. The molecule has 1 fully saturated rings. The number of nitrogens with zero attached hydrogens (tertiary/aromatic N) is 1. The molecule has 1 saturated carbocycles. The van der Waals surface area contributed by atoms with E-state index in [0.717, 1.165) is 5.92 Å². The monoisotopic (exact) mass is 292 g/mol. The largest absolute Gasteiger partial charge is 0.302 e. The van der Waals surface area contributed by atoms with Crippen LogP contribution in [0.4, 0.5) is 0 Å². The predicted molar refractivity (Wildman–Crippen MR) is 82.7 cm³/mol. The summed E-state index contributed by atoms with van der Waals surface area (Å²) in [4.78, 5) is 7.01. The second-order valence-corrected chi connectivity index (χ2v) is 7.23. The number of hydrogen-bond donors (Lipinski definition) is 1. The maximum atomic E-state index is 4.19. The second kappa shape index (κ2) is 6.16.